The van der Waals surface area contributed by atoms with Gasteiger partial charge in [-0.05, 0) is 47.0 Å². The number of aromatic nitrogens is 1. The zero-order valence-electron chi connectivity index (χ0n) is 12.1. The molecule has 4 nitrogen and oxygen atoms in total. The molecule has 0 saturated carbocycles. The normalized spacial score (nSPS) is 14.2. The van der Waals surface area contributed by atoms with Crippen molar-refractivity contribution in [2.24, 2.45) is 0 Å². The summed E-state index contributed by atoms with van der Waals surface area (Å²) >= 11 is 5.77. The van der Waals surface area contributed by atoms with Crippen molar-refractivity contribution in [2.45, 2.75) is 11.9 Å². The van der Waals surface area contributed by atoms with Gasteiger partial charge in [0.25, 0.3) is 0 Å². The Kier molecular flexibility index (Phi) is 4.24. The third-order valence-corrected chi connectivity index (χ3v) is 4.61. The van der Waals surface area contributed by atoms with Gasteiger partial charge in [0.1, 0.15) is 16.7 Å². The van der Waals surface area contributed by atoms with E-state index in [2.05, 4.69) is 9.17 Å². The van der Waals surface area contributed by atoms with Gasteiger partial charge in [-0.1, -0.05) is 17.7 Å². The zero-order chi connectivity index (χ0) is 18.4. The molecule has 0 fully saturated rings. The van der Waals surface area contributed by atoms with Gasteiger partial charge in [0.15, 0.2) is 5.75 Å². The molecule has 1 aliphatic carbocycles. The predicted molar refractivity (Wildman–Crippen MR) is 82.8 cm³/mol. The number of pyridine rings is 1. The van der Waals surface area contributed by atoms with Gasteiger partial charge < -0.3 is 4.18 Å². The van der Waals surface area contributed by atoms with E-state index in [0.717, 1.165) is 12.1 Å². The van der Waals surface area contributed by atoms with Gasteiger partial charge in [-0.15, -0.1) is 0 Å². The minimum absolute atomic E-state index is 0.0604. The number of hydrogen-bond acceptors (Lipinski definition) is 4. The van der Waals surface area contributed by atoms with Gasteiger partial charge in [0.05, 0.1) is 0 Å². The van der Waals surface area contributed by atoms with E-state index in [4.69, 9.17) is 11.6 Å². The molecule has 10 heteroatoms. The molecule has 0 radical (unpaired) electrons. The highest BCUT2D eigenvalue weighted by Crippen LogP contribution is 2.37. The fourth-order valence-electron chi connectivity index (χ4n) is 2.34. The summed E-state index contributed by atoms with van der Waals surface area (Å²) < 4.78 is 77.7. The van der Waals surface area contributed by atoms with Crippen molar-refractivity contribution >= 4 is 33.4 Å². The van der Waals surface area contributed by atoms with Crippen LogP contribution in [0.25, 0.3) is 11.6 Å². The van der Waals surface area contributed by atoms with E-state index in [1.54, 1.807) is 0 Å². The topological polar surface area (TPSA) is 56.3 Å². The van der Waals surface area contributed by atoms with Crippen LogP contribution in [-0.4, -0.2) is 18.9 Å². The lowest BCUT2D eigenvalue weighted by molar-refractivity contribution is -0.0500. The van der Waals surface area contributed by atoms with E-state index < -0.39 is 27.2 Å². The molecular formula is C15H8ClF4NO3S. The molecule has 1 aliphatic rings. The number of hydrogen-bond donors (Lipinski definition) is 0. The van der Waals surface area contributed by atoms with E-state index in [1.165, 1.54) is 24.3 Å². The van der Waals surface area contributed by atoms with Crippen LogP contribution in [-0.2, 0) is 16.5 Å². The Morgan fingerprint density at radius 2 is 1.88 bits per heavy atom. The van der Waals surface area contributed by atoms with E-state index in [0.29, 0.717) is 16.7 Å². The quantitative estimate of drug-likeness (QED) is 0.339. The van der Waals surface area contributed by atoms with E-state index in [9.17, 15) is 26.0 Å². The molecule has 1 heterocycles. The lowest BCUT2D eigenvalue weighted by Crippen LogP contribution is -2.28. The summed E-state index contributed by atoms with van der Waals surface area (Å²) in [6, 6.07) is 6.10. The molecule has 2 aromatic rings. The molecule has 0 unspecified atom stereocenters. The second-order valence-corrected chi connectivity index (χ2v) is 7.08. The lowest BCUT2D eigenvalue weighted by Gasteiger charge is -2.13. The van der Waals surface area contributed by atoms with Crippen LogP contribution in [0.2, 0.25) is 5.15 Å². The molecule has 0 amide bonds. The third kappa shape index (κ3) is 3.47. The highest BCUT2D eigenvalue weighted by Gasteiger charge is 2.49. The summed E-state index contributed by atoms with van der Waals surface area (Å²) in [7, 11) is -5.86. The number of rotatable bonds is 3. The summed E-state index contributed by atoms with van der Waals surface area (Å²) in [4.78, 5) is 3.87. The number of allylic oxidation sites excluding steroid dienone is 1. The van der Waals surface area contributed by atoms with E-state index >= 15 is 0 Å². The van der Waals surface area contributed by atoms with Crippen LogP contribution in [0.15, 0.2) is 30.3 Å². The largest absolute Gasteiger partial charge is 0.534 e. The Labute approximate surface area is 144 Å². The van der Waals surface area contributed by atoms with Gasteiger partial charge in [0, 0.05) is 6.42 Å². The third-order valence-electron chi connectivity index (χ3n) is 3.43. The highest BCUT2D eigenvalue weighted by molar-refractivity contribution is 7.88. The Morgan fingerprint density at radius 3 is 2.56 bits per heavy atom. The van der Waals surface area contributed by atoms with Gasteiger partial charge in [-0.3, -0.25) is 0 Å². The number of nitrogens with zero attached hydrogens (tertiary/aromatic N) is 1. The molecule has 132 valence electrons. The summed E-state index contributed by atoms with van der Waals surface area (Å²) in [5.41, 5.74) is -4.16. The summed E-state index contributed by atoms with van der Waals surface area (Å²) in [6.45, 7) is 0. The average molecular weight is 394 g/mol. The minimum Gasteiger partial charge on any atom is -0.374 e. The maximum atomic E-state index is 13.3. The zero-order valence-corrected chi connectivity index (χ0v) is 13.7. The van der Waals surface area contributed by atoms with Gasteiger partial charge in [-0.2, -0.15) is 21.6 Å². The smallest absolute Gasteiger partial charge is 0.374 e. The first-order chi connectivity index (χ1) is 11.6. The molecule has 25 heavy (non-hydrogen) atoms. The van der Waals surface area contributed by atoms with Crippen LogP contribution >= 0.6 is 11.6 Å². The summed E-state index contributed by atoms with van der Waals surface area (Å²) in [5, 5.41) is -0.0604. The van der Waals surface area contributed by atoms with E-state index in [1.807, 2.05) is 0 Å². The van der Waals surface area contributed by atoms with Crippen LogP contribution in [0, 0.1) is 5.82 Å². The maximum absolute atomic E-state index is 13.3. The van der Waals surface area contributed by atoms with Crippen molar-refractivity contribution in [3.8, 4) is 5.75 Å². The van der Waals surface area contributed by atoms with Gasteiger partial charge in [-0.25, -0.2) is 9.37 Å². The van der Waals surface area contributed by atoms with Crippen LogP contribution in [0.3, 0.4) is 0 Å². The molecule has 1 aromatic heterocycles. The number of benzene rings is 1. The average Bonchev–Trinajstić information content (AvgIpc) is 2.90. The maximum Gasteiger partial charge on any atom is 0.534 e. The fourth-order valence-corrected chi connectivity index (χ4v) is 2.96. The Balaban J connectivity index is 2.04. The molecule has 3 rings (SSSR count). The number of alkyl halides is 3. The summed E-state index contributed by atoms with van der Waals surface area (Å²) in [6.07, 6.45) is 1.70. The molecule has 0 saturated heterocycles. The Morgan fingerprint density at radius 1 is 1.16 bits per heavy atom. The van der Waals surface area contributed by atoms with Crippen LogP contribution in [0.4, 0.5) is 17.6 Å². The first kappa shape index (κ1) is 17.7. The van der Waals surface area contributed by atoms with Crippen LogP contribution in [0.1, 0.15) is 16.8 Å². The first-order valence-corrected chi connectivity index (χ1v) is 8.52. The minimum atomic E-state index is -5.86. The lowest BCUT2D eigenvalue weighted by atomic mass is 10.1. The second-order valence-electron chi connectivity index (χ2n) is 5.15. The van der Waals surface area contributed by atoms with Crippen LogP contribution in [0.5, 0.6) is 5.75 Å². The van der Waals surface area contributed by atoms with Crippen molar-refractivity contribution in [1.82, 2.24) is 4.98 Å². The van der Waals surface area contributed by atoms with Crippen molar-refractivity contribution < 1.29 is 30.2 Å². The Hall–Kier alpha value is -2.13. The molecular weight excluding hydrogens is 386 g/mol. The molecule has 0 atom stereocenters. The van der Waals surface area contributed by atoms with Crippen molar-refractivity contribution in [2.75, 3.05) is 0 Å². The monoisotopic (exact) mass is 393 g/mol. The molecule has 0 aliphatic heterocycles. The first-order valence-electron chi connectivity index (χ1n) is 6.73. The van der Waals surface area contributed by atoms with Crippen molar-refractivity contribution in [3.63, 3.8) is 0 Å². The molecule has 0 spiro atoms. The predicted octanol–water partition coefficient (Wildman–Crippen LogP) is 4.20. The SMILES string of the molecule is O=S(=O)(Oc1ccc(Cl)nc1C1=Cc2cc(F)ccc2C1)C(F)(F)F. The van der Waals surface area contributed by atoms with Crippen molar-refractivity contribution in [1.29, 1.82) is 0 Å². The van der Waals surface area contributed by atoms with E-state index in [-0.39, 0.29) is 17.3 Å². The van der Waals surface area contributed by atoms with Gasteiger partial charge in [0.2, 0.25) is 0 Å². The Bertz CT molecular complexity index is 987. The highest BCUT2D eigenvalue weighted by atomic mass is 35.5. The molecule has 1 aromatic carbocycles. The number of fused-ring (bicyclic) bond motifs is 1. The number of halogens is 5. The molecule has 0 bridgehead atoms. The van der Waals surface area contributed by atoms with Crippen LogP contribution < -0.4 is 4.18 Å². The summed E-state index contributed by atoms with van der Waals surface area (Å²) in [5.74, 6) is -1.09. The second kappa shape index (κ2) is 5.99. The standard InChI is InChI=1S/C15H8ClF4NO3S/c16-13-4-3-12(24-25(22,23)15(18,19)20)14(21-13)10-5-8-1-2-11(17)7-9(8)6-10/h1-4,6-7H,5H2. The fraction of sp³-hybridized carbons (Fsp3) is 0.133. The molecule has 0 N–H and O–H groups in total. The van der Waals surface area contributed by atoms with Crippen molar-refractivity contribution in [3.05, 3.63) is 58.1 Å². The van der Waals surface area contributed by atoms with Gasteiger partial charge >= 0.3 is 15.6 Å².